The first-order chi connectivity index (χ1) is 5.37. The first-order valence-electron chi connectivity index (χ1n) is 3.33. The molecule has 0 aromatic heterocycles. The van der Waals surface area contributed by atoms with E-state index in [1.807, 2.05) is 0 Å². The summed E-state index contributed by atoms with van der Waals surface area (Å²) in [6.07, 6.45) is 2.14. The molecule has 0 aliphatic rings. The highest BCUT2D eigenvalue weighted by molar-refractivity contribution is 7.46. The maximum atomic E-state index is 10.8. The minimum Gasteiger partial charge on any atom is -0.367 e. The predicted octanol–water partition coefficient (Wildman–Crippen LogP) is 0.979. The van der Waals surface area contributed by atoms with Crippen LogP contribution in [0.3, 0.4) is 0 Å². The lowest BCUT2D eigenvalue weighted by molar-refractivity contribution is -0.131. The van der Waals surface area contributed by atoms with E-state index < -0.39 is 13.8 Å². The molecule has 6 heteroatoms. The van der Waals surface area contributed by atoms with Gasteiger partial charge in [0.2, 0.25) is 0 Å². The molecule has 0 bridgehead atoms. The van der Waals surface area contributed by atoms with Crippen LogP contribution in [0.2, 0.25) is 0 Å². The lowest BCUT2D eigenvalue weighted by Gasteiger charge is -2.04. The third-order valence-corrected chi connectivity index (χ3v) is 1.44. The van der Waals surface area contributed by atoms with Crippen LogP contribution in [0.25, 0.3) is 0 Å². The van der Waals surface area contributed by atoms with Crippen LogP contribution in [0, 0.1) is 0 Å². The molecule has 0 aromatic rings. The molecule has 0 unspecified atom stereocenters. The highest BCUT2D eigenvalue weighted by Gasteiger charge is 2.20. The van der Waals surface area contributed by atoms with Gasteiger partial charge in [-0.25, -0.2) is 9.36 Å². The fourth-order valence-electron chi connectivity index (χ4n) is 0.570. The number of rotatable bonds is 3. The molecule has 0 radical (unpaired) electrons. The Hall–Kier alpha value is -0.640. The zero-order chi connectivity index (χ0) is 9.78. The van der Waals surface area contributed by atoms with E-state index in [0.717, 1.165) is 0 Å². The summed E-state index contributed by atoms with van der Waals surface area (Å²) in [5.74, 6) is -0.981. The van der Waals surface area contributed by atoms with Gasteiger partial charge in [-0.15, -0.1) is 0 Å². The largest absolute Gasteiger partial charge is 0.527 e. The quantitative estimate of drug-likeness (QED) is 0.516. The molecule has 0 spiro atoms. The SMILES string of the molecule is CCC=C(C)C(=O)OP(=O)(O)O. The first-order valence-corrected chi connectivity index (χ1v) is 4.86. The van der Waals surface area contributed by atoms with Gasteiger partial charge in [0, 0.05) is 5.57 Å². The van der Waals surface area contributed by atoms with Gasteiger partial charge in [-0.1, -0.05) is 13.0 Å². The fourth-order valence-corrected chi connectivity index (χ4v) is 0.930. The Morgan fingerprint density at radius 2 is 2.08 bits per heavy atom. The number of hydrogen-bond donors (Lipinski definition) is 2. The molecule has 12 heavy (non-hydrogen) atoms. The molecule has 0 aliphatic heterocycles. The minimum absolute atomic E-state index is 0.195. The van der Waals surface area contributed by atoms with E-state index in [1.54, 1.807) is 6.92 Å². The monoisotopic (exact) mass is 194 g/mol. The van der Waals surface area contributed by atoms with E-state index in [0.29, 0.717) is 6.42 Å². The van der Waals surface area contributed by atoms with Gasteiger partial charge in [0.05, 0.1) is 0 Å². The summed E-state index contributed by atoms with van der Waals surface area (Å²) in [6, 6.07) is 0. The van der Waals surface area contributed by atoms with Crippen LogP contribution < -0.4 is 0 Å². The molecule has 0 heterocycles. The third kappa shape index (κ3) is 5.07. The van der Waals surface area contributed by atoms with E-state index in [1.165, 1.54) is 13.0 Å². The summed E-state index contributed by atoms with van der Waals surface area (Å²) in [4.78, 5) is 27.3. The van der Waals surface area contributed by atoms with Crippen molar-refractivity contribution in [1.29, 1.82) is 0 Å². The minimum atomic E-state index is -4.69. The second-order valence-corrected chi connectivity index (χ2v) is 3.33. The zero-order valence-electron chi connectivity index (χ0n) is 6.85. The molecular weight excluding hydrogens is 183 g/mol. The van der Waals surface area contributed by atoms with Gasteiger partial charge in [-0.2, -0.15) is 0 Å². The highest BCUT2D eigenvalue weighted by atomic mass is 31.2. The summed E-state index contributed by atoms with van der Waals surface area (Å²) >= 11 is 0. The second kappa shape index (κ2) is 4.40. The first kappa shape index (κ1) is 11.4. The van der Waals surface area contributed by atoms with Gasteiger partial charge in [-0.05, 0) is 13.3 Å². The summed E-state index contributed by atoms with van der Waals surface area (Å²) in [6.45, 7) is 3.23. The summed E-state index contributed by atoms with van der Waals surface area (Å²) < 4.78 is 14.0. The van der Waals surface area contributed by atoms with Crippen LogP contribution in [-0.2, 0) is 13.9 Å². The van der Waals surface area contributed by atoms with Gasteiger partial charge in [0.15, 0.2) is 0 Å². The van der Waals surface area contributed by atoms with Crippen molar-refractivity contribution < 1.29 is 23.7 Å². The van der Waals surface area contributed by atoms with Gasteiger partial charge < -0.3 is 4.52 Å². The topological polar surface area (TPSA) is 83.8 Å². The number of carbonyl (C=O) groups excluding carboxylic acids is 1. The average molecular weight is 194 g/mol. The summed E-state index contributed by atoms with van der Waals surface area (Å²) in [7, 11) is -4.69. The highest BCUT2D eigenvalue weighted by Crippen LogP contribution is 2.36. The Bertz CT molecular complexity index is 238. The van der Waals surface area contributed by atoms with E-state index in [-0.39, 0.29) is 5.57 Å². The number of allylic oxidation sites excluding steroid dienone is 1. The van der Waals surface area contributed by atoms with E-state index in [4.69, 9.17) is 9.79 Å². The molecule has 0 atom stereocenters. The van der Waals surface area contributed by atoms with Gasteiger partial charge >= 0.3 is 13.8 Å². The van der Waals surface area contributed by atoms with E-state index in [9.17, 15) is 9.36 Å². The predicted molar refractivity (Wildman–Crippen MR) is 42.2 cm³/mol. The molecule has 0 amide bonds. The molecule has 0 fully saturated rings. The van der Waals surface area contributed by atoms with Crippen molar-refractivity contribution in [1.82, 2.24) is 0 Å². The fraction of sp³-hybridized carbons (Fsp3) is 0.500. The van der Waals surface area contributed by atoms with E-state index in [2.05, 4.69) is 4.52 Å². The van der Waals surface area contributed by atoms with Gasteiger partial charge in [0.1, 0.15) is 0 Å². The van der Waals surface area contributed by atoms with Crippen molar-refractivity contribution in [2.24, 2.45) is 0 Å². The van der Waals surface area contributed by atoms with Crippen molar-refractivity contribution in [2.45, 2.75) is 20.3 Å². The zero-order valence-corrected chi connectivity index (χ0v) is 7.75. The lowest BCUT2D eigenvalue weighted by Crippen LogP contribution is -2.03. The molecule has 0 saturated heterocycles. The van der Waals surface area contributed by atoms with Crippen molar-refractivity contribution >= 4 is 13.8 Å². The van der Waals surface area contributed by atoms with Crippen LogP contribution in [0.1, 0.15) is 20.3 Å². The Balaban J connectivity index is 4.24. The van der Waals surface area contributed by atoms with Crippen LogP contribution >= 0.6 is 7.82 Å². The number of hydrogen-bond acceptors (Lipinski definition) is 3. The average Bonchev–Trinajstić information content (AvgIpc) is 1.84. The van der Waals surface area contributed by atoms with Gasteiger partial charge in [-0.3, -0.25) is 9.79 Å². The summed E-state index contributed by atoms with van der Waals surface area (Å²) in [5, 5.41) is 0. The third-order valence-electron chi connectivity index (χ3n) is 1.03. The smallest absolute Gasteiger partial charge is 0.367 e. The number of phosphoric acid groups is 1. The van der Waals surface area contributed by atoms with Crippen LogP contribution in [0.15, 0.2) is 11.6 Å². The van der Waals surface area contributed by atoms with Crippen molar-refractivity contribution in [3.8, 4) is 0 Å². The standard InChI is InChI=1S/C6H11O5P/c1-3-4-5(2)6(7)11-12(8,9)10/h4H,3H2,1-2H3,(H2,8,9,10). The molecule has 5 nitrogen and oxygen atoms in total. The van der Waals surface area contributed by atoms with Crippen molar-refractivity contribution in [3.63, 3.8) is 0 Å². The Kier molecular flexibility index (Phi) is 4.17. The number of carbonyl (C=O) groups is 1. The van der Waals surface area contributed by atoms with Crippen LogP contribution in [0.4, 0.5) is 0 Å². The molecule has 0 aliphatic carbocycles. The van der Waals surface area contributed by atoms with Crippen LogP contribution in [0.5, 0.6) is 0 Å². The Labute approximate surface area is 70.3 Å². The second-order valence-electron chi connectivity index (χ2n) is 2.16. The van der Waals surface area contributed by atoms with Gasteiger partial charge in [0.25, 0.3) is 0 Å². The van der Waals surface area contributed by atoms with Crippen LogP contribution in [-0.4, -0.2) is 15.8 Å². The molecule has 0 rings (SSSR count). The van der Waals surface area contributed by atoms with E-state index >= 15 is 0 Å². The summed E-state index contributed by atoms with van der Waals surface area (Å²) in [5.41, 5.74) is 0.195. The Morgan fingerprint density at radius 1 is 1.58 bits per heavy atom. The van der Waals surface area contributed by atoms with Crippen molar-refractivity contribution in [2.75, 3.05) is 0 Å². The molecule has 0 saturated carbocycles. The molecule has 2 N–H and O–H groups in total. The normalized spacial score (nSPS) is 12.8. The maximum absolute atomic E-state index is 10.8. The Morgan fingerprint density at radius 3 is 2.42 bits per heavy atom. The molecule has 0 aromatic carbocycles. The number of phosphoric ester groups is 1. The van der Waals surface area contributed by atoms with Crippen molar-refractivity contribution in [3.05, 3.63) is 11.6 Å². The maximum Gasteiger partial charge on any atom is 0.527 e. The lowest BCUT2D eigenvalue weighted by atomic mass is 10.2. The molecule has 70 valence electrons. The molecular formula is C6H11O5P.